The average molecular weight is 2520 g/mol. The number of nitrogens with zero attached hydrogens (tertiary/aromatic N) is 18. The maximum absolute atomic E-state index is 4.81. The van der Waals surface area contributed by atoms with Crippen LogP contribution < -0.4 is 34.9 Å². The van der Waals surface area contributed by atoms with Crippen molar-refractivity contribution in [3.63, 3.8) is 0 Å². The fraction of sp³-hybridized carbons (Fsp3) is 0.159. The third-order valence-corrected chi connectivity index (χ3v) is 52.9. The molecule has 123 heavy (non-hydrogen) atoms. The number of unbranched alkanes of at least 4 members (excludes halogenated alkanes) is 3. The van der Waals surface area contributed by atoms with Crippen LogP contribution in [0.3, 0.4) is 0 Å². The minimum atomic E-state index is -2.12. The van der Waals surface area contributed by atoms with E-state index in [1.165, 1.54) is 104 Å². The van der Waals surface area contributed by atoms with Gasteiger partial charge in [-0.05, 0) is 47.7 Å². The van der Waals surface area contributed by atoms with Gasteiger partial charge in [-0.1, -0.05) is 189 Å². The fourth-order valence-electron chi connectivity index (χ4n) is 13.0. The van der Waals surface area contributed by atoms with Crippen LogP contribution in [0.2, 0.25) is 13.3 Å². The number of halogens is 6. The van der Waals surface area contributed by atoms with Gasteiger partial charge in [0.2, 0.25) is 0 Å². The Labute approximate surface area is 826 Å². The molecule has 20 rings (SSSR count). The second-order valence-electron chi connectivity index (χ2n) is 25.8. The first-order chi connectivity index (χ1) is 60.0. The summed E-state index contributed by atoms with van der Waals surface area (Å²) in [6.07, 6.45) is 17.6. The first-order valence-electron chi connectivity index (χ1n) is 37.2. The molecule has 0 saturated heterocycles. The summed E-state index contributed by atoms with van der Waals surface area (Å²) < 4.78 is 66.4. The molecule has 3 aliphatic rings. The van der Waals surface area contributed by atoms with Crippen molar-refractivity contribution in [2.75, 3.05) is 0 Å². The molecule has 0 bridgehead atoms. The summed E-state index contributed by atoms with van der Waals surface area (Å²) >= 11 is 26.4. The molecule has 0 amide bonds. The molecule has 0 fully saturated rings. The number of aromatic nitrogens is 11. The number of thiol groups is 1. The summed E-state index contributed by atoms with van der Waals surface area (Å²) in [4.78, 5) is 22.6. The Morgan fingerprint density at radius 1 is 0.390 bits per heavy atom. The molecular weight excluding hydrogens is 2450 g/mol. The van der Waals surface area contributed by atoms with Crippen LogP contribution in [0, 0.1) is 0 Å². The number of thiazole rings is 5. The number of benzene rings is 9. The molecule has 629 valence electrons. The van der Waals surface area contributed by atoms with Gasteiger partial charge in [-0.15, -0.1) is 0 Å². The molecule has 0 unspecified atom stereocenters. The van der Waals surface area contributed by atoms with Crippen molar-refractivity contribution < 1.29 is 15.9 Å². The Morgan fingerprint density at radius 2 is 0.650 bits per heavy atom. The van der Waals surface area contributed by atoms with Crippen molar-refractivity contribution in [2.45, 2.75) is 80.0 Å². The first-order valence-corrected chi connectivity index (χ1v) is 66.0. The van der Waals surface area contributed by atoms with E-state index in [1.807, 2.05) is 28.3 Å². The van der Waals surface area contributed by atoms with Gasteiger partial charge in [-0.3, -0.25) is 0 Å². The number of hydrogen-bond acceptors (Lipinski definition) is 24. The van der Waals surface area contributed by atoms with Crippen LogP contribution >= 0.6 is 168 Å². The zero-order chi connectivity index (χ0) is 85.0. The standard InChI is InChI=1S/2C18H15P.C12H2Br2N6S3Se.C12H4N6S3Se.C6Br2N4SSe.3C4H9.C3H2NS.CH4.BHNS.2ClH.Pd.Sn/c2*1-4-10-16(11-5-1)19(17-12-6-2-7-13-17)18-14-8-3-9-15-18;13-3-1-15-11(21-3)5-7-8(18-23-17-7)6(10-9(5)19-24-20-10)12-16-2-4(14)22-12;1-3-19-11(13-1)5-7-8(16-21-15-7)6(12-14-2-4-20-12)10-9(5)17-22-18-10;7-1-3-4(10-13-9-3)2(8)6-5(1)11-14-12-6;3*1-3-4-2;1-2-5-3-4-1;;1-2-3;;;;/h2*1-15H;1-2H;1-4H;;3*1,3-4H2,2H3;1-2H;1H4;3H;2*1H;;/q;;;;;;;;;;;;;+2;/p-2. The predicted molar refractivity (Wildman–Crippen MR) is 552 cm³/mol. The third-order valence-electron chi connectivity index (χ3n) is 18.3. The van der Waals surface area contributed by atoms with Crippen molar-refractivity contribution in [3.8, 4) is 42.3 Å². The molecule has 18 nitrogen and oxygen atoms in total. The van der Waals surface area contributed by atoms with E-state index in [0.29, 0.717) is 0 Å². The summed E-state index contributed by atoms with van der Waals surface area (Å²) in [7, 11) is 13.1. The van der Waals surface area contributed by atoms with E-state index in [9.17, 15) is 0 Å². The number of rotatable bonds is 20. The molecule has 0 aliphatic carbocycles. The second-order valence-corrected chi connectivity index (χ2v) is 60.8. The van der Waals surface area contributed by atoms with Gasteiger partial charge in [-0.2, -0.15) is 0 Å². The molecule has 11 heterocycles. The normalized spacial score (nSPS) is 11.6. The van der Waals surface area contributed by atoms with Gasteiger partial charge in [0, 0.05) is 0 Å². The molecule has 0 spiro atoms. The summed E-state index contributed by atoms with van der Waals surface area (Å²) in [5, 5.41) is 18.1. The van der Waals surface area contributed by atoms with Crippen molar-refractivity contribution in [1.29, 1.82) is 0 Å². The monoisotopic (exact) mass is 2520 g/mol. The average Bonchev–Trinajstić information content (AvgIpc) is 1.59. The van der Waals surface area contributed by atoms with Crippen molar-refractivity contribution in [1.82, 2.24) is 48.8 Å². The van der Waals surface area contributed by atoms with Crippen molar-refractivity contribution in [3.05, 3.63) is 246 Å². The third kappa shape index (κ3) is 25.0. The van der Waals surface area contributed by atoms with Crippen molar-refractivity contribution >= 4 is 375 Å². The van der Waals surface area contributed by atoms with E-state index < -0.39 is 34.2 Å². The van der Waals surface area contributed by atoms with E-state index in [1.54, 1.807) is 86.5 Å². The van der Waals surface area contributed by atoms with E-state index in [4.69, 9.17) is 24.0 Å². The molecular formula is C82H70BBr4Cl2N18P2PdS9Se3Sn. The van der Waals surface area contributed by atoms with Gasteiger partial charge in [0.25, 0.3) is 0 Å². The molecule has 41 heteroatoms. The molecule has 3 aliphatic heterocycles. The minimum absolute atomic E-state index is 0. The van der Waals surface area contributed by atoms with Crippen LogP contribution in [0.5, 0.6) is 0 Å². The van der Waals surface area contributed by atoms with Crippen LogP contribution in [-0.2, 0) is 50.0 Å². The predicted octanol–water partition coefficient (Wildman–Crippen LogP) is 26.1. The summed E-state index contributed by atoms with van der Waals surface area (Å²) in [6.45, 7) is 6.99. The zero-order valence-corrected chi connectivity index (χ0v) is 91.0. The molecule has 0 atom stereocenters. The Bertz CT molecular complexity index is 5940. The van der Waals surface area contributed by atoms with Gasteiger partial charge >= 0.3 is 601 Å². The van der Waals surface area contributed by atoms with Gasteiger partial charge in [0.05, 0.1) is 0 Å². The van der Waals surface area contributed by atoms with E-state index in [-0.39, 0.29) is 68.3 Å². The van der Waals surface area contributed by atoms with Crippen LogP contribution in [0.4, 0.5) is 34.1 Å². The van der Waals surface area contributed by atoms with E-state index in [2.05, 4.69) is 367 Å². The van der Waals surface area contributed by atoms with Gasteiger partial charge in [0.1, 0.15) is 0 Å². The van der Waals surface area contributed by atoms with Crippen molar-refractivity contribution in [2.24, 2.45) is 30.5 Å². The van der Waals surface area contributed by atoms with Crippen LogP contribution in [0.25, 0.3) is 75.4 Å². The SMILES string of the molecule is Brc1c2c(c(Br)c3n[se]nc13)N=S=N2.Brc1cnc(-c2c3c(c(-c4ncc(Br)s4)c4n[se]nc24)N=S=N3)s1.C.CCC[CH2][Sn]([CH2]CCC)([CH2]CCC)[c]1nccs1.[B]=NS.[Cl][Pd][Cl].c1ccc(P(c2ccccc2)c2ccccc2)cc1.c1ccc(P(c2ccccc2)c2ccccc2)cc1.c1csc(-c2c3c(c(-c4nccs4)c4n[se]nc24)N=S=N3)n1. The van der Waals surface area contributed by atoms with E-state index in [0.717, 1.165) is 126 Å². The molecule has 0 saturated carbocycles. The van der Waals surface area contributed by atoms with Crippen LogP contribution in [0.15, 0.2) is 276 Å². The summed E-state index contributed by atoms with van der Waals surface area (Å²) in [5.74, 6) is 0. The van der Waals surface area contributed by atoms with Gasteiger partial charge in [-0.25, -0.2) is 0 Å². The molecule has 8 aromatic heterocycles. The Morgan fingerprint density at radius 3 is 0.894 bits per heavy atom. The Kier molecular flexibility index (Phi) is 40.6. The maximum atomic E-state index is 4.81. The zero-order valence-electron chi connectivity index (χ0n) is 64.3. The molecule has 1 radical (unpaired) electrons. The number of fused-ring (bicyclic) bond motifs is 6. The summed E-state index contributed by atoms with van der Waals surface area (Å²) in [6, 6.07) is 64.7. The topological polar surface area (TPSA) is 228 Å². The second kappa shape index (κ2) is 51.0. The Balaban J connectivity index is 0.000000134. The Hall–Kier alpha value is -4.02. The molecule has 9 aromatic carbocycles. The van der Waals surface area contributed by atoms with Crippen LogP contribution in [0.1, 0.15) is 66.7 Å². The first kappa shape index (κ1) is 98.0. The molecule has 17 aromatic rings. The van der Waals surface area contributed by atoms with E-state index >= 15 is 0 Å². The quantitative estimate of drug-likeness (QED) is 0.0428. The fourth-order valence-corrected chi connectivity index (χ4v) is 47.8. The van der Waals surface area contributed by atoms with Crippen LogP contribution in [-0.4, -0.2) is 120 Å². The number of hydrogen-bond donors (Lipinski definition) is 1. The molecule has 0 N–H and O–H groups in total. The van der Waals surface area contributed by atoms with Gasteiger partial charge < -0.3 is 0 Å². The van der Waals surface area contributed by atoms with Gasteiger partial charge in [0.15, 0.2) is 0 Å². The summed E-state index contributed by atoms with van der Waals surface area (Å²) in [5.41, 5.74) is 14.1.